The molecule has 0 aromatic carbocycles. The van der Waals surface area contributed by atoms with Crippen LogP contribution in [0.4, 0.5) is 9.18 Å². The van der Waals surface area contributed by atoms with Gasteiger partial charge in [0.2, 0.25) is 0 Å². The molecule has 0 atom stereocenters. The minimum absolute atomic E-state index is 0.141. The molecular weight excluding hydrogens is 153 g/mol. The number of nitrogens with one attached hydrogen (secondary N) is 1. The van der Waals surface area contributed by atoms with Crippen LogP contribution in [0.15, 0.2) is 12.4 Å². The molecule has 0 aliphatic heterocycles. The molecule has 0 aromatic heterocycles. The van der Waals surface area contributed by atoms with Crippen molar-refractivity contribution in [1.82, 2.24) is 5.32 Å². The standard InChI is InChI=1S/C6H8FNO3/c1-5(7)4-11-6(10)8-2-3-9/h3H,1-2,4H2,(H,8,10). The summed E-state index contributed by atoms with van der Waals surface area (Å²) in [6.07, 6.45) is -0.346. The fourth-order valence-electron chi connectivity index (χ4n) is 0.320. The SMILES string of the molecule is C=C(F)COC(=O)NCC=O. The Morgan fingerprint density at radius 3 is 2.82 bits per heavy atom. The molecule has 0 fully saturated rings. The lowest BCUT2D eigenvalue weighted by molar-refractivity contribution is -0.107. The van der Waals surface area contributed by atoms with Crippen LogP contribution >= 0.6 is 0 Å². The fourth-order valence-corrected chi connectivity index (χ4v) is 0.320. The lowest BCUT2D eigenvalue weighted by Crippen LogP contribution is -2.26. The van der Waals surface area contributed by atoms with Gasteiger partial charge >= 0.3 is 6.09 Å². The van der Waals surface area contributed by atoms with Gasteiger partial charge in [-0.1, -0.05) is 6.58 Å². The summed E-state index contributed by atoms with van der Waals surface area (Å²) in [4.78, 5) is 20.1. The molecule has 0 unspecified atom stereocenters. The third-order valence-electron chi connectivity index (χ3n) is 0.690. The highest BCUT2D eigenvalue weighted by Gasteiger charge is 2.00. The molecule has 0 aliphatic rings. The molecule has 0 saturated heterocycles. The predicted molar refractivity (Wildman–Crippen MR) is 35.7 cm³/mol. The topological polar surface area (TPSA) is 55.4 Å². The first kappa shape index (κ1) is 9.61. The van der Waals surface area contributed by atoms with Crippen molar-refractivity contribution in [3.8, 4) is 0 Å². The smallest absolute Gasteiger partial charge is 0.407 e. The van der Waals surface area contributed by atoms with E-state index in [1.807, 2.05) is 0 Å². The highest BCUT2D eigenvalue weighted by atomic mass is 19.1. The molecular formula is C6H8FNO3. The van der Waals surface area contributed by atoms with Crippen LogP contribution in [0.5, 0.6) is 0 Å². The van der Waals surface area contributed by atoms with Gasteiger partial charge in [0.15, 0.2) is 0 Å². The van der Waals surface area contributed by atoms with E-state index in [-0.39, 0.29) is 6.54 Å². The van der Waals surface area contributed by atoms with Crippen LogP contribution in [0.2, 0.25) is 0 Å². The van der Waals surface area contributed by atoms with Gasteiger partial charge in [-0.05, 0) is 0 Å². The minimum atomic E-state index is -0.837. The van der Waals surface area contributed by atoms with Crippen LogP contribution in [-0.2, 0) is 9.53 Å². The van der Waals surface area contributed by atoms with Crippen LogP contribution in [-0.4, -0.2) is 25.5 Å². The highest BCUT2D eigenvalue weighted by Crippen LogP contribution is 1.90. The van der Waals surface area contributed by atoms with Crippen molar-refractivity contribution in [3.05, 3.63) is 12.4 Å². The number of amides is 1. The number of rotatable bonds is 4. The summed E-state index contributed by atoms with van der Waals surface area (Å²) in [6, 6.07) is 0. The van der Waals surface area contributed by atoms with Crippen molar-refractivity contribution < 1.29 is 18.7 Å². The molecule has 0 aliphatic carbocycles. The normalized spacial score (nSPS) is 8.45. The van der Waals surface area contributed by atoms with E-state index >= 15 is 0 Å². The second-order valence-electron chi connectivity index (χ2n) is 1.64. The van der Waals surface area contributed by atoms with Gasteiger partial charge in [-0.2, -0.15) is 0 Å². The monoisotopic (exact) mass is 161 g/mol. The van der Waals surface area contributed by atoms with Crippen LogP contribution < -0.4 is 5.32 Å². The molecule has 11 heavy (non-hydrogen) atoms. The number of ether oxygens (including phenoxy) is 1. The molecule has 0 heterocycles. The summed E-state index contributed by atoms with van der Waals surface area (Å²) in [5.41, 5.74) is 0. The zero-order valence-corrected chi connectivity index (χ0v) is 5.80. The van der Waals surface area contributed by atoms with Crippen molar-refractivity contribution >= 4 is 12.4 Å². The predicted octanol–water partition coefficient (Wildman–Crippen LogP) is 0.395. The first-order valence-corrected chi connectivity index (χ1v) is 2.84. The second kappa shape index (κ2) is 5.40. The zero-order valence-electron chi connectivity index (χ0n) is 5.80. The average molecular weight is 161 g/mol. The van der Waals surface area contributed by atoms with Gasteiger partial charge in [0.1, 0.15) is 18.7 Å². The average Bonchev–Trinajstić information content (AvgIpc) is 1.97. The maximum Gasteiger partial charge on any atom is 0.407 e. The first-order valence-electron chi connectivity index (χ1n) is 2.84. The summed E-state index contributed by atoms with van der Waals surface area (Å²) in [6.45, 7) is 2.24. The number of carbonyl (C=O) groups is 2. The summed E-state index contributed by atoms with van der Waals surface area (Å²) in [7, 11) is 0. The number of carbonyl (C=O) groups excluding carboxylic acids is 2. The van der Waals surface area contributed by atoms with Crippen LogP contribution in [0.3, 0.4) is 0 Å². The van der Waals surface area contributed by atoms with E-state index in [4.69, 9.17) is 0 Å². The first-order chi connectivity index (χ1) is 5.16. The largest absolute Gasteiger partial charge is 0.442 e. The second-order valence-corrected chi connectivity index (χ2v) is 1.64. The Morgan fingerprint density at radius 1 is 1.73 bits per heavy atom. The summed E-state index contributed by atoms with van der Waals surface area (Å²) in [5.74, 6) is -0.744. The van der Waals surface area contributed by atoms with E-state index in [0.717, 1.165) is 0 Å². The maximum absolute atomic E-state index is 11.8. The van der Waals surface area contributed by atoms with Crippen molar-refractivity contribution in [2.24, 2.45) is 0 Å². The molecule has 0 saturated carbocycles. The van der Waals surface area contributed by atoms with Gasteiger partial charge in [-0.15, -0.1) is 0 Å². The number of aldehydes is 1. The fraction of sp³-hybridized carbons (Fsp3) is 0.333. The van der Waals surface area contributed by atoms with Gasteiger partial charge in [0.05, 0.1) is 6.54 Å². The molecule has 0 aromatic rings. The lowest BCUT2D eigenvalue weighted by Gasteiger charge is -2.01. The van der Waals surface area contributed by atoms with E-state index < -0.39 is 18.5 Å². The van der Waals surface area contributed by atoms with E-state index in [1.54, 1.807) is 0 Å². The molecule has 1 amide bonds. The zero-order chi connectivity index (χ0) is 8.69. The van der Waals surface area contributed by atoms with Crippen molar-refractivity contribution in [2.75, 3.05) is 13.2 Å². The van der Waals surface area contributed by atoms with Crippen LogP contribution in [0, 0.1) is 0 Å². The van der Waals surface area contributed by atoms with Crippen molar-refractivity contribution in [2.45, 2.75) is 0 Å². The number of hydrogen-bond acceptors (Lipinski definition) is 3. The molecule has 5 heteroatoms. The van der Waals surface area contributed by atoms with Crippen LogP contribution in [0.1, 0.15) is 0 Å². The molecule has 0 bridgehead atoms. The maximum atomic E-state index is 11.8. The number of alkyl carbamates (subject to hydrolysis) is 1. The summed E-state index contributed by atoms with van der Waals surface area (Å²) < 4.78 is 16.0. The Labute approximate surface area is 63.0 Å². The third-order valence-corrected chi connectivity index (χ3v) is 0.690. The van der Waals surface area contributed by atoms with Crippen molar-refractivity contribution in [3.63, 3.8) is 0 Å². The molecule has 1 N–H and O–H groups in total. The van der Waals surface area contributed by atoms with Gasteiger partial charge < -0.3 is 14.8 Å². The molecule has 0 rings (SSSR count). The van der Waals surface area contributed by atoms with Crippen molar-refractivity contribution in [1.29, 1.82) is 0 Å². The van der Waals surface area contributed by atoms with Gasteiger partial charge in [-0.25, -0.2) is 9.18 Å². The quantitative estimate of drug-likeness (QED) is 0.607. The highest BCUT2D eigenvalue weighted by molar-refractivity contribution is 5.70. The Kier molecular flexibility index (Phi) is 4.72. The Balaban J connectivity index is 3.37. The number of halogens is 1. The molecule has 62 valence electrons. The van der Waals surface area contributed by atoms with Gasteiger partial charge in [0.25, 0.3) is 0 Å². The van der Waals surface area contributed by atoms with Gasteiger partial charge in [0, 0.05) is 0 Å². The lowest BCUT2D eigenvalue weighted by atomic mass is 10.6. The van der Waals surface area contributed by atoms with E-state index in [1.165, 1.54) is 0 Å². The molecule has 0 radical (unpaired) electrons. The molecule has 4 nitrogen and oxygen atoms in total. The molecule has 0 spiro atoms. The third kappa shape index (κ3) is 6.50. The van der Waals surface area contributed by atoms with Crippen LogP contribution in [0.25, 0.3) is 0 Å². The van der Waals surface area contributed by atoms with E-state index in [2.05, 4.69) is 16.6 Å². The van der Waals surface area contributed by atoms with E-state index in [0.29, 0.717) is 6.29 Å². The summed E-state index contributed by atoms with van der Waals surface area (Å²) >= 11 is 0. The van der Waals surface area contributed by atoms with E-state index in [9.17, 15) is 14.0 Å². The Bertz CT molecular complexity index is 169. The Hall–Kier alpha value is -1.39. The summed E-state index contributed by atoms with van der Waals surface area (Å²) in [5, 5.41) is 2.05. The minimum Gasteiger partial charge on any atom is -0.442 e. The Morgan fingerprint density at radius 2 is 2.36 bits per heavy atom. The van der Waals surface area contributed by atoms with Gasteiger partial charge in [-0.3, -0.25) is 0 Å². The number of hydrogen-bond donors (Lipinski definition) is 1.